The van der Waals surface area contributed by atoms with Crippen LogP contribution in [0.4, 0.5) is 0 Å². The lowest BCUT2D eigenvalue weighted by Crippen LogP contribution is -2.54. The molecular weight excluding hydrogens is 224 g/mol. The number of likely N-dealkylation sites (N-methyl/N-ethyl adjacent to an activating group) is 1. The molecule has 0 rings (SSSR count). The van der Waals surface area contributed by atoms with Gasteiger partial charge in [0, 0.05) is 38.3 Å². The summed E-state index contributed by atoms with van der Waals surface area (Å²) < 4.78 is 0. The number of nitrogens with two attached hydrogens (primary N) is 1. The van der Waals surface area contributed by atoms with Crippen molar-refractivity contribution in [3.8, 4) is 0 Å². The van der Waals surface area contributed by atoms with Crippen LogP contribution in [0.3, 0.4) is 0 Å². The molecule has 0 bridgehead atoms. The van der Waals surface area contributed by atoms with Crippen LogP contribution >= 0.6 is 0 Å². The highest BCUT2D eigenvalue weighted by Gasteiger charge is 2.30. The fourth-order valence-electron chi connectivity index (χ4n) is 2.68. The molecule has 0 aromatic heterocycles. The summed E-state index contributed by atoms with van der Waals surface area (Å²) in [6, 6.07) is 0. The van der Waals surface area contributed by atoms with E-state index in [0.29, 0.717) is 12.1 Å². The van der Waals surface area contributed by atoms with Gasteiger partial charge in [-0.15, -0.1) is 0 Å². The number of rotatable bonds is 12. The van der Waals surface area contributed by atoms with E-state index in [0.717, 1.165) is 39.3 Å². The monoisotopic (exact) mass is 258 g/mol. The van der Waals surface area contributed by atoms with Crippen molar-refractivity contribution in [1.29, 1.82) is 0 Å². The molecule has 0 aliphatic heterocycles. The first-order chi connectivity index (χ1) is 8.70. The van der Waals surface area contributed by atoms with Crippen LogP contribution in [0.1, 0.15) is 40.5 Å². The summed E-state index contributed by atoms with van der Waals surface area (Å²) in [6.45, 7) is 16.1. The Hall–Kier alpha value is -0.160. The number of hydrogen-bond acceptors (Lipinski definition) is 4. The van der Waals surface area contributed by atoms with Crippen molar-refractivity contribution in [2.24, 2.45) is 5.73 Å². The van der Waals surface area contributed by atoms with E-state index >= 15 is 0 Å². The SMILES string of the molecule is CCN(CC)C(CC)(CC)CNCCNCCN. The first-order valence-electron chi connectivity index (χ1n) is 7.57. The van der Waals surface area contributed by atoms with Crippen LogP contribution in [0.25, 0.3) is 0 Å². The average molecular weight is 258 g/mol. The topological polar surface area (TPSA) is 53.3 Å². The zero-order valence-electron chi connectivity index (χ0n) is 12.9. The minimum absolute atomic E-state index is 0.317. The molecule has 18 heavy (non-hydrogen) atoms. The lowest BCUT2D eigenvalue weighted by atomic mass is 9.90. The van der Waals surface area contributed by atoms with Gasteiger partial charge in [0.2, 0.25) is 0 Å². The number of nitrogens with one attached hydrogen (secondary N) is 2. The molecule has 0 aliphatic rings. The van der Waals surface area contributed by atoms with E-state index in [-0.39, 0.29) is 0 Å². The molecule has 0 radical (unpaired) electrons. The fourth-order valence-corrected chi connectivity index (χ4v) is 2.68. The third-order valence-corrected chi connectivity index (χ3v) is 4.00. The standard InChI is InChI=1S/C14H34N4/c1-5-14(6-2,18(7-3)8-4)13-17-12-11-16-10-9-15/h16-17H,5-13,15H2,1-4H3. The van der Waals surface area contributed by atoms with Gasteiger partial charge in [0.05, 0.1) is 0 Å². The second kappa shape index (κ2) is 10.7. The molecule has 0 aromatic rings. The fraction of sp³-hybridized carbons (Fsp3) is 1.00. The lowest BCUT2D eigenvalue weighted by Gasteiger charge is -2.42. The van der Waals surface area contributed by atoms with Crippen molar-refractivity contribution in [2.75, 3.05) is 45.8 Å². The Morgan fingerprint density at radius 1 is 0.889 bits per heavy atom. The summed E-state index contributed by atoms with van der Waals surface area (Å²) in [7, 11) is 0. The molecular formula is C14H34N4. The highest BCUT2D eigenvalue weighted by atomic mass is 15.2. The van der Waals surface area contributed by atoms with E-state index in [1.807, 2.05) is 0 Å². The Kier molecular flexibility index (Phi) is 10.6. The normalized spacial score (nSPS) is 12.3. The summed E-state index contributed by atoms with van der Waals surface area (Å²) in [4.78, 5) is 2.59. The van der Waals surface area contributed by atoms with Crippen LogP contribution in [-0.4, -0.2) is 56.3 Å². The molecule has 110 valence electrons. The first-order valence-corrected chi connectivity index (χ1v) is 7.57. The van der Waals surface area contributed by atoms with E-state index in [9.17, 15) is 0 Å². The summed E-state index contributed by atoms with van der Waals surface area (Å²) in [5.74, 6) is 0. The molecule has 0 heterocycles. The smallest absolute Gasteiger partial charge is 0.0328 e. The quantitative estimate of drug-likeness (QED) is 0.458. The Bertz CT molecular complexity index is 177. The predicted molar refractivity (Wildman–Crippen MR) is 81.0 cm³/mol. The van der Waals surface area contributed by atoms with Gasteiger partial charge < -0.3 is 16.4 Å². The van der Waals surface area contributed by atoms with Crippen molar-refractivity contribution in [1.82, 2.24) is 15.5 Å². The van der Waals surface area contributed by atoms with Crippen molar-refractivity contribution in [3.05, 3.63) is 0 Å². The minimum Gasteiger partial charge on any atom is -0.329 e. The predicted octanol–water partition coefficient (Wildman–Crippen LogP) is 1.02. The van der Waals surface area contributed by atoms with E-state index in [2.05, 4.69) is 43.2 Å². The Morgan fingerprint density at radius 3 is 1.89 bits per heavy atom. The van der Waals surface area contributed by atoms with Crippen molar-refractivity contribution < 1.29 is 0 Å². The van der Waals surface area contributed by atoms with Gasteiger partial charge in [0.1, 0.15) is 0 Å². The summed E-state index contributed by atoms with van der Waals surface area (Å²) >= 11 is 0. The summed E-state index contributed by atoms with van der Waals surface area (Å²) in [5, 5.41) is 6.90. The van der Waals surface area contributed by atoms with E-state index in [4.69, 9.17) is 5.73 Å². The van der Waals surface area contributed by atoms with Crippen LogP contribution in [-0.2, 0) is 0 Å². The number of hydrogen-bond donors (Lipinski definition) is 3. The van der Waals surface area contributed by atoms with Crippen LogP contribution in [0, 0.1) is 0 Å². The molecule has 0 amide bonds. The van der Waals surface area contributed by atoms with Gasteiger partial charge >= 0.3 is 0 Å². The molecule has 0 saturated carbocycles. The summed E-state index contributed by atoms with van der Waals surface area (Å²) in [5.41, 5.74) is 5.76. The van der Waals surface area contributed by atoms with Crippen LogP contribution < -0.4 is 16.4 Å². The van der Waals surface area contributed by atoms with Gasteiger partial charge in [0.15, 0.2) is 0 Å². The summed E-state index contributed by atoms with van der Waals surface area (Å²) in [6.07, 6.45) is 2.41. The number of nitrogens with zero attached hydrogens (tertiary/aromatic N) is 1. The van der Waals surface area contributed by atoms with E-state index in [1.165, 1.54) is 12.8 Å². The minimum atomic E-state index is 0.317. The van der Waals surface area contributed by atoms with Gasteiger partial charge in [0.25, 0.3) is 0 Å². The molecule has 0 atom stereocenters. The molecule has 4 heteroatoms. The van der Waals surface area contributed by atoms with Gasteiger partial charge in [-0.1, -0.05) is 27.7 Å². The highest BCUT2D eigenvalue weighted by Crippen LogP contribution is 2.22. The molecule has 0 aliphatic carbocycles. The molecule has 4 N–H and O–H groups in total. The average Bonchev–Trinajstić information content (AvgIpc) is 2.41. The maximum absolute atomic E-state index is 5.44. The van der Waals surface area contributed by atoms with Crippen molar-refractivity contribution in [2.45, 2.75) is 46.1 Å². The zero-order chi connectivity index (χ0) is 13.9. The van der Waals surface area contributed by atoms with Gasteiger partial charge in [-0.3, -0.25) is 4.90 Å². The molecule has 0 aromatic carbocycles. The molecule has 0 fully saturated rings. The Morgan fingerprint density at radius 2 is 1.44 bits per heavy atom. The van der Waals surface area contributed by atoms with Crippen molar-refractivity contribution in [3.63, 3.8) is 0 Å². The van der Waals surface area contributed by atoms with Crippen molar-refractivity contribution >= 4 is 0 Å². The maximum atomic E-state index is 5.44. The van der Waals surface area contributed by atoms with Gasteiger partial charge in [-0.05, 0) is 25.9 Å². The van der Waals surface area contributed by atoms with E-state index < -0.39 is 0 Å². The third kappa shape index (κ3) is 5.65. The zero-order valence-corrected chi connectivity index (χ0v) is 12.9. The molecule has 0 spiro atoms. The maximum Gasteiger partial charge on any atom is 0.0328 e. The third-order valence-electron chi connectivity index (χ3n) is 4.00. The highest BCUT2D eigenvalue weighted by molar-refractivity contribution is 4.89. The second-order valence-electron chi connectivity index (χ2n) is 4.82. The van der Waals surface area contributed by atoms with Crippen LogP contribution in [0.5, 0.6) is 0 Å². The molecule has 0 unspecified atom stereocenters. The van der Waals surface area contributed by atoms with Gasteiger partial charge in [-0.25, -0.2) is 0 Å². The van der Waals surface area contributed by atoms with Crippen LogP contribution in [0.2, 0.25) is 0 Å². The first kappa shape index (κ1) is 17.8. The van der Waals surface area contributed by atoms with Gasteiger partial charge in [-0.2, -0.15) is 0 Å². The largest absolute Gasteiger partial charge is 0.329 e. The van der Waals surface area contributed by atoms with E-state index in [1.54, 1.807) is 0 Å². The molecule has 4 nitrogen and oxygen atoms in total. The van der Waals surface area contributed by atoms with Crippen LogP contribution in [0.15, 0.2) is 0 Å². The lowest BCUT2D eigenvalue weighted by molar-refractivity contribution is 0.0884. The Balaban J connectivity index is 4.10. The second-order valence-corrected chi connectivity index (χ2v) is 4.82. The Labute approximate surface area is 114 Å². The molecule has 0 saturated heterocycles.